The predicted octanol–water partition coefficient (Wildman–Crippen LogP) is 5.53. The average molecular weight is 554 g/mol. The lowest BCUT2D eigenvalue weighted by Crippen LogP contribution is -2.27. The maximum absolute atomic E-state index is 14.7. The number of aliphatic carboxylic acids is 1. The van der Waals surface area contributed by atoms with Crippen molar-refractivity contribution in [2.75, 3.05) is 5.32 Å². The molecule has 0 fully saturated rings. The Balaban J connectivity index is 0.000000470. The van der Waals surface area contributed by atoms with Gasteiger partial charge >= 0.3 is 12.1 Å². The van der Waals surface area contributed by atoms with E-state index in [0.717, 1.165) is 6.07 Å². The summed E-state index contributed by atoms with van der Waals surface area (Å²) in [7, 11) is 0. The van der Waals surface area contributed by atoms with Crippen molar-refractivity contribution in [3.05, 3.63) is 113 Å². The second kappa shape index (κ2) is 11.5. The summed E-state index contributed by atoms with van der Waals surface area (Å²) in [6.45, 7) is 0. The summed E-state index contributed by atoms with van der Waals surface area (Å²) in [5.41, 5.74) is 0.919. The Morgan fingerprint density at radius 2 is 1.70 bits per heavy atom. The highest BCUT2D eigenvalue weighted by Gasteiger charge is 2.38. The van der Waals surface area contributed by atoms with E-state index >= 15 is 0 Å². The van der Waals surface area contributed by atoms with Gasteiger partial charge in [0.05, 0.1) is 5.39 Å². The Bertz CT molecular complexity index is 1730. The van der Waals surface area contributed by atoms with Crippen molar-refractivity contribution >= 4 is 28.6 Å². The average Bonchev–Trinajstić information content (AvgIpc) is 3.41. The van der Waals surface area contributed by atoms with E-state index in [9.17, 15) is 27.2 Å². The summed E-state index contributed by atoms with van der Waals surface area (Å²) in [4.78, 5) is 41.6. The Hall–Kier alpha value is -5.46. The number of pyridine rings is 2. The third-order valence-electron chi connectivity index (χ3n) is 5.30. The van der Waals surface area contributed by atoms with Gasteiger partial charge in [-0.1, -0.05) is 18.2 Å². The van der Waals surface area contributed by atoms with Crippen molar-refractivity contribution in [2.24, 2.45) is 0 Å². The molecule has 40 heavy (non-hydrogen) atoms. The van der Waals surface area contributed by atoms with Crippen LogP contribution in [0.25, 0.3) is 16.7 Å². The van der Waals surface area contributed by atoms with Crippen LogP contribution in [-0.2, 0) is 4.79 Å². The van der Waals surface area contributed by atoms with Crippen molar-refractivity contribution in [2.45, 2.75) is 6.18 Å². The molecule has 5 rings (SSSR count). The molecule has 0 bridgehead atoms. The number of ether oxygens (including phenoxy) is 1. The van der Waals surface area contributed by atoms with Gasteiger partial charge in [-0.3, -0.25) is 14.2 Å². The number of H-pyrrole nitrogens is 1. The van der Waals surface area contributed by atoms with Crippen LogP contribution in [0.5, 0.6) is 11.5 Å². The van der Waals surface area contributed by atoms with Crippen molar-refractivity contribution in [3.63, 3.8) is 0 Å². The van der Waals surface area contributed by atoms with Crippen LogP contribution >= 0.6 is 0 Å². The summed E-state index contributed by atoms with van der Waals surface area (Å²) < 4.78 is 53.5. The Morgan fingerprint density at radius 3 is 2.38 bits per heavy atom. The molecule has 13 heteroatoms. The van der Waals surface area contributed by atoms with E-state index in [0.29, 0.717) is 22.5 Å². The SMILES string of the molecule is O=C(Nc1ccc(Oc2ccnc3[nH]ccc23)c(F)c1)c1cccn(-c2ccccc2)c1=O.O=C(O)C(F)(F)F. The first kappa shape index (κ1) is 27.6. The van der Waals surface area contributed by atoms with Gasteiger partial charge in [0.1, 0.15) is 17.0 Å². The molecular formula is C27H18F4N4O5. The van der Waals surface area contributed by atoms with Crippen molar-refractivity contribution in [1.82, 2.24) is 14.5 Å². The van der Waals surface area contributed by atoms with Gasteiger partial charge in [-0.15, -0.1) is 0 Å². The molecule has 0 atom stereocenters. The molecule has 5 aromatic rings. The summed E-state index contributed by atoms with van der Waals surface area (Å²) in [6, 6.07) is 19.5. The molecule has 3 N–H and O–H groups in total. The fourth-order valence-electron chi connectivity index (χ4n) is 3.46. The number of fused-ring (bicyclic) bond motifs is 1. The van der Waals surface area contributed by atoms with Crippen molar-refractivity contribution in [3.8, 4) is 17.2 Å². The number of nitrogens with zero attached hydrogens (tertiary/aromatic N) is 2. The van der Waals surface area contributed by atoms with Crippen LogP contribution in [0.15, 0.2) is 96.2 Å². The summed E-state index contributed by atoms with van der Waals surface area (Å²) >= 11 is 0. The third kappa shape index (κ3) is 6.32. The maximum Gasteiger partial charge on any atom is 0.490 e. The lowest BCUT2D eigenvalue weighted by Gasteiger charge is -2.11. The van der Waals surface area contributed by atoms with Crippen LogP contribution < -0.4 is 15.6 Å². The molecule has 3 aromatic heterocycles. The monoisotopic (exact) mass is 554 g/mol. The lowest BCUT2D eigenvalue weighted by atomic mass is 10.2. The fraction of sp³-hybridized carbons (Fsp3) is 0.0370. The number of amides is 1. The number of para-hydroxylation sites is 1. The van der Waals surface area contributed by atoms with Crippen LogP contribution in [0, 0.1) is 5.82 Å². The van der Waals surface area contributed by atoms with Gasteiger partial charge in [0, 0.05) is 36.0 Å². The van der Waals surface area contributed by atoms with E-state index in [1.54, 1.807) is 61.1 Å². The van der Waals surface area contributed by atoms with Gasteiger partial charge in [-0.05, 0) is 48.5 Å². The van der Waals surface area contributed by atoms with Crippen LogP contribution in [0.3, 0.4) is 0 Å². The number of nitrogens with one attached hydrogen (secondary N) is 2. The van der Waals surface area contributed by atoms with Crippen molar-refractivity contribution < 1.29 is 37.0 Å². The smallest absolute Gasteiger partial charge is 0.475 e. The Labute approximate surface area is 222 Å². The summed E-state index contributed by atoms with van der Waals surface area (Å²) in [6.07, 6.45) is -0.224. The highest BCUT2D eigenvalue weighted by Crippen LogP contribution is 2.31. The molecular weight excluding hydrogens is 536 g/mol. The first-order valence-corrected chi connectivity index (χ1v) is 11.3. The highest BCUT2D eigenvalue weighted by atomic mass is 19.4. The van der Waals surface area contributed by atoms with Gasteiger partial charge in [-0.25, -0.2) is 14.2 Å². The standard InChI is InChI=1S/C25H17FN4O3.C2HF3O2/c26-20-15-16(8-9-22(20)33-21-11-13-28-23-18(21)10-12-27-23)29-24(31)19-7-4-14-30(25(19)32)17-5-2-1-3-6-17;3-2(4,5)1(6)7/h1-15H,(H,27,28)(H,29,31);(H,6,7). The predicted molar refractivity (Wildman–Crippen MR) is 136 cm³/mol. The number of carboxylic acid groups (broad SMARTS) is 1. The van der Waals surface area contributed by atoms with Gasteiger partial charge in [0.25, 0.3) is 11.5 Å². The summed E-state index contributed by atoms with van der Waals surface area (Å²) in [5, 5.41) is 10.4. The minimum atomic E-state index is -5.08. The minimum absolute atomic E-state index is 0.00663. The molecule has 0 aliphatic heterocycles. The second-order valence-electron chi connectivity index (χ2n) is 7.99. The van der Waals surface area contributed by atoms with E-state index in [-0.39, 0.29) is 17.0 Å². The number of benzene rings is 2. The number of alkyl halides is 3. The molecule has 0 unspecified atom stereocenters. The van der Waals surface area contributed by atoms with Crippen LogP contribution in [0.1, 0.15) is 10.4 Å². The molecule has 204 valence electrons. The van der Waals surface area contributed by atoms with Gasteiger partial charge in [-0.2, -0.15) is 13.2 Å². The normalized spacial score (nSPS) is 10.9. The molecule has 0 spiro atoms. The van der Waals surface area contributed by atoms with Crippen LogP contribution in [0.4, 0.5) is 23.2 Å². The number of aromatic nitrogens is 3. The first-order chi connectivity index (χ1) is 19.0. The Kier molecular flexibility index (Phi) is 7.94. The van der Waals surface area contributed by atoms with Gasteiger partial charge in [0.15, 0.2) is 11.6 Å². The number of hydrogen-bond donors (Lipinski definition) is 3. The zero-order chi connectivity index (χ0) is 28.9. The van der Waals surface area contributed by atoms with E-state index in [1.807, 2.05) is 6.07 Å². The van der Waals surface area contributed by atoms with Crippen LogP contribution in [0.2, 0.25) is 0 Å². The zero-order valence-electron chi connectivity index (χ0n) is 20.1. The third-order valence-corrected chi connectivity index (χ3v) is 5.30. The van der Waals surface area contributed by atoms with Gasteiger partial charge < -0.3 is 20.1 Å². The van der Waals surface area contributed by atoms with Crippen LogP contribution in [-0.4, -0.2) is 37.7 Å². The number of carboxylic acids is 1. The summed E-state index contributed by atoms with van der Waals surface area (Å²) in [5.74, 6) is -3.62. The number of carbonyl (C=O) groups is 2. The first-order valence-electron chi connectivity index (χ1n) is 11.3. The molecule has 0 radical (unpaired) electrons. The van der Waals surface area contributed by atoms with Gasteiger partial charge in [0.2, 0.25) is 0 Å². The molecule has 3 heterocycles. The number of halogens is 4. The molecule has 1 amide bonds. The van der Waals surface area contributed by atoms with E-state index in [4.69, 9.17) is 14.6 Å². The molecule has 0 aliphatic rings. The maximum atomic E-state index is 14.7. The second-order valence-corrected chi connectivity index (χ2v) is 7.99. The largest absolute Gasteiger partial charge is 0.490 e. The quantitative estimate of drug-likeness (QED) is 0.245. The lowest BCUT2D eigenvalue weighted by molar-refractivity contribution is -0.192. The zero-order valence-corrected chi connectivity index (χ0v) is 20.1. The molecule has 0 aliphatic carbocycles. The highest BCUT2D eigenvalue weighted by molar-refractivity contribution is 6.04. The van der Waals surface area contributed by atoms with Crippen molar-refractivity contribution in [1.29, 1.82) is 0 Å². The van der Waals surface area contributed by atoms with E-state index < -0.39 is 29.4 Å². The number of rotatable bonds is 5. The minimum Gasteiger partial charge on any atom is -0.475 e. The number of carbonyl (C=O) groups excluding carboxylic acids is 1. The molecule has 0 saturated heterocycles. The van der Waals surface area contributed by atoms with E-state index in [1.165, 1.54) is 22.8 Å². The Morgan fingerprint density at radius 1 is 0.975 bits per heavy atom. The fourth-order valence-corrected chi connectivity index (χ4v) is 3.46. The topological polar surface area (TPSA) is 126 Å². The number of hydrogen-bond acceptors (Lipinski definition) is 5. The molecule has 9 nitrogen and oxygen atoms in total. The number of aromatic amines is 1. The van der Waals surface area contributed by atoms with E-state index in [2.05, 4.69) is 15.3 Å². The molecule has 0 saturated carbocycles. The number of anilines is 1. The molecule has 2 aromatic carbocycles.